The molecule has 1 fully saturated rings. The van der Waals surface area contributed by atoms with Crippen LogP contribution in [0.3, 0.4) is 0 Å². The number of aliphatic hydroxyl groups is 1. The van der Waals surface area contributed by atoms with Gasteiger partial charge in [-0.1, -0.05) is 12.1 Å². The highest BCUT2D eigenvalue weighted by atomic mass is 16.3. The number of hydrogen-bond acceptors (Lipinski definition) is 3. The molecule has 0 unspecified atom stereocenters. The van der Waals surface area contributed by atoms with Crippen LogP contribution in [0, 0.1) is 0 Å². The molecule has 2 aromatic rings. The van der Waals surface area contributed by atoms with Crippen LogP contribution >= 0.6 is 0 Å². The van der Waals surface area contributed by atoms with Gasteiger partial charge in [-0.15, -0.1) is 0 Å². The summed E-state index contributed by atoms with van der Waals surface area (Å²) in [6.07, 6.45) is 5.53. The summed E-state index contributed by atoms with van der Waals surface area (Å²) < 4.78 is 5.50. The summed E-state index contributed by atoms with van der Waals surface area (Å²) in [5.41, 5.74) is 1.99. The van der Waals surface area contributed by atoms with Gasteiger partial charge in [0.2, 0.25) is 0 Å². The van der Waals surface area contributed by atoms with Crippen LogP contribution in [0.25, 0.3) is 11.0 Å². The number of rotatable bonds is 2. The van der Waals surface area contributed by atoms with Gasteiger partial charge in [-0.25, -0.2) is 0 Å². The fourth-order valence-corrected chi connectivity index (χ4v) is 2.53. The lowest BCUT2D eigenvalue weighted by molar-refractivity contribution is 0.126. The van der Waals surface area contributed by atoms with Crippen molar-refractivity contribution in [1.29, 1.82) is 0 Å². The monoisotopic (exact) mass is 231 g/mol. The van der Waals surface area contributed by atoms with E-state index in [1.807, 2.05) is 18.2 Å². The third-order valence-corrected chi connectivity index (χ3v) is 3.54. The summed E-state index contributed by atoms with van der Waals surface area (Å²) in [5, 5.41) is 14.1. The van der Waals surface area contributed by atoms with Crippen LogP contribution in [-0.2, 0) is 0 Å². The molecule has 1 aromatic heterocycles. The summed E-state index contributed by atoms with van der Waals surface area (Å²) >= 11 is 0. The summed E-state index contributed by atoms with van der Waals surface area (Å²) in [4.78, 5) is 0. The fraction of sp³-hybridized carbons (Fsp3) is 0.429. The Morgan fingerprint density at radius 1 is 1.12 bits per heavy atom. The molecule has 1 aromatic carbocycles. The van der Waals surface area contributed by atoms with Crippen molar-refractivity contribution in [2.75, 3.05) is 5.32 Å². The van der Waals surface area contributed by atoms with E-state index in [1.165, 1.54) is 0 Å². The highest BCUT2D eigenvalue weighted by molar-refractivity contribution is 5.90. The largest absolute Gasteiger partial charge is 0.462 e. The molecule has 0 bridgehead atoms. The van der Waals surface area contributed by atoms with E-state index in [9.17, 15) is 5.11 Å². The zero-order valence-corrected chi connectivity index (χ0v) is 9.73. The first kappa shape index (κ1) is 10.7. The van der Waals surface area contributed by atoms with Crippen LogP contribution in [0.1, 0.15) is 25.7 Å². The Hall–Kier alpha value is -1.48. The Morgan fingerprint density at radius 2 is 1.88 bits per heavy atom. The van der Waals surface area contributed by atoms with E-state index in [0.29, 0.717) is 6.04 Å². The van der Waals surface area contributed by atoms with E-state index in [0.717, 1.165) is 42.3 Å². The molecule has 0 aliphatic heterocycles. The second-order valence-corrected chi connectivity index (χ2v) is 4.80. The molecule has 1 aliphatic rings. The molecule has 0 amide bonds. The first-order valence-corrected chi connectivity index (χ1v) is 6.24. The predicted octanol–water partition coefficient (Wildman–Crippen LogP) is 3.15. The molecule has 3 nitrogen and oxygen atoms in total. The Labute approximate surface area is 100 Å². The van der Waals surface area contributed by atoms with Gasteiger partial charge in [-0.05, 0) is 37.8 Å². The van der Waals surface area contributed by atoms with Crippen molar-refractivity contribution in [2.24, 2.45) is 0 Å². The minimum absolute atomic E-state index is 0.103. The summed E-state index contributed by atoms with van der Waals surface area (Å²) in [6, 6.07) is 8.50. The van der Waals surface area contributed by atoms with Gasteiger partial charge in [0.1, 0.15) is 11.8 Å². The van der Waals surface area contributed by atoms with Crippen LogP contribution < -0.4 is 5.32 Å². The van der Waals surface area contributed by atoms with E-state index in [1.54, 1.807) is 6.26 Å². The average Bonchev–Trinajstić information content (AvgIpc) is 2.76. The van der Waals surface area contributed by atoms with Crippen molar-refractivity contribution in [3.63, 3.8) is 0 Å². The summed E-state index contributed by atoms with van der Waals surface area (Å²) in [5.74, 6) is 0. The molecule has 17 heavy (non-hydrogen) atoms. The number of fused-ring (bicyclic) bond motifs is 1. The lowest BCUT2D eigenvalue weighted by Gasteiger charge is -2.26. The number of aliphatic hydroxyl groups excluding tert-OH is 1. The maximum absolute atomic E-state index is 9.48. The van der Waals surface area contributed by atoms with Gasteiger partial charge in [0.15, 0.2) is 0 Å². The summed E-state index contributed by atoms with van der Waals surface area (Å²) in [6.45, 7) is 0. The zero-order valence-electron chi connectivity index (χ0n) is 9.73. The van der Waals surface area contributed by atoms with Gasteiger partial charge < -0.3 is 14.8 Å². The number of hydrogen-bond donors (Lipinski definition) is 2. The molecular weight excluding hydrogens is 214 g/mol. The lowest BCUT2D eigenvalue weighted by atomic mass is 9.93. The number of anilines is 1. The Balaban J connectivity index is 1.76. The number of para-hydroxylation sites is 1. The van der Waals surface area contributed by atoms with Crippen molar-refractivity contribution in [3.05, 3.63) is 30.5 Å². The third-order valence-electron chi connectivity index (χ3n) is 3.54. The first-order valence-electron chi connectivity index (χ1n) is 6.24. The predicted molar refractivity (Wildman–Crippen MR) is 68.1 cm³/mol. The molecule has 3 heteroatoms. The van der Waals surface area contributed by atoms with Crippen LogP contribution in [-0.4, -0.2) is 17.3 Å². The normalized spacial score (nSPS) is 25.0. The Morgan fingerprint density at radius 3 is 2.71 bits per heavy atom. The van der Waals surface area contributed by atoms with Crippen LogP contribution in [0.5, 0.6) is 0 Å². The van der Waals surface area contributed by atoms with E-state index in [2.05, 4.69) is 11.4 Å². The molecule has 2 N–H and O–H groups in total. The highest BCUT2D eigenvalue weighted by Gasteiger charge is 2.20. The number of furan rings is 1. The second kappa shape index (κ2) is 4.41. The van der Waals surface area contributed by atoms with Crippen molar-refractivity contribution >= 4 is 16.7 Å². The van der Waals surface area contributed by atoms with E-state index < -0.39 is 0 Å². The molecule has 3 rings (SSSR count). The van der Waals surface area contributed by atoms with Crippen molar-refractivity contribution in [1.82, 2.24) is 0 Å². The molecule has 1 saturated carbocycles. The molecule has 90 valence electrons. The highest BCUT2D eigenvalue weighted by Crippen LogP contribution is 2.28. The van der Waals surface area contributed by atoms with Gasteiger partial charge in [0.05, 0.1) is 11.8 Å². The molecule has 1 heterocycles. The average molecular weight is 231 g/mol. The van der Waals surface area contributed by atoms with Crippen LogP contribution in [0.2, 0.25) is 0 Å². The minimum Gasteiger partial charge on any atom is -0.462 e. The molecular formula is C14H17NO2. The van der Waals surface area contributed by atoms with E-state index in [4.69, 9.17) is 4.42 Å². The molecule has 0 atom stereocenters. The molecule has 0 spiro atoms. The van der Waals surface area contributed by atoms with Crippen LogP contribution in [0.4, 0.5) is 5.69 Å². The standard InChI is InChI=1S/C14H17NO2/c16-11-7-5-10(6-8-11)15-13-9-17-14-4-2-1-3-12(13)14/h1-4,9-11,15-16H,5-8H2. The van der Waals surface area contributed by atoms with Crippen molar-refractivity contribution in [2.45, 2.75) is 37.8 Å². The zero-order chi connectivity index (χ0) is 11.7. The van der Waals surface area contributed by atoms with Crippen LogP contribution in [0.15, 0.2) is 34.9 Å². The maximum Gasteiger partial charge on any atom is 0.136 e. The third kappa shape index (κ3) is 2.15. The van der Waals surface area contributed by atoms with Gasteiger partial charge in [0, 0.05) is 11.4 Å². The van der Waals surface area contributed by atoms with Gasteiger partial charge in [-0.2, -0.15) is 0 Å². The topological polar surface area (TPSA) is 45.4 Å². The molecule has 0 saturated heterocycles. The quantitative estimate of drug-likeness (QED) is 0.834. The van der Waals surface area contributed by atoms with Crippen molar-refractivity contribution in [3.8, 4) is 0 Å². The number of nitrogens with one attached hydrogen (secondary N) is 1. The first-order chi connectivity index (χ1) is 8.33. The molecule has 1 aliphatic carbocycles. The fourth-order valence-electron chi connectivity index (χ4n) is 2.53. The molecule has 0 radical (unpaired) electrons. The SMILES string of the molecule is OC1CCC(Nc2coc3ccccc23)CC1. The number of benzene rings is 1. The van der Waals surface area contributed by atoms with E-state index in [-0.39, 0.29) is 6.10 Å². The Bertz CT molecular complexity index is 498. The van der Waals surface area contributed by atoms with Crippen molar-refractivity contribution < 1.29 is 9.52 Å². The lowest BCUT2D eigenvalue weighted by Crippen LogP contribution is -2.28. The second-order valence-electron chi connectivity index (χ2n) is 4.80. The van der Waals surface area contributed by atoms with Gasteiger partial charge in [-0.3, -0.25) is 0 Å². The smallest absolute Gasteiger partial charge is 0.136 e. The van der Waals surface area contributed by atoms with Gasteiger partial charge in [0.25, 0.3) is 0 Å². The Kier molecular flexibility index (Phi) is 2.77. The minimum atomic E-state index is -0.103. The van der Waals surface area contributed by atoms with Gasteiger partial charge >= 0.3 is 0 Å². The summed E-state index contributed by atoms with van der Waals surface area (Å²) in [7, 11) is 0. The van der Waals surface area contributed by atoms with E-state index >= 15 is 0 Å². The maximum atomic E-state index is 9.48.